The lowest BCUT2D eigenvalue weighted by molar-refractivity contribution is -0.137. The minimum atomic E-state index is -3.23. The largest absolute Gasteiger partial charge is 0.481 e. The summed E-state index contributed by atoms with van der Waals surface area (Å²) in [5, 5.41) is 8.46. The number of hydrogen-bond acceptors (Lipinski definition) is 3. The smallest absolute Gasteiger partial charge is 0.303 e. The molecular weight excluding hydrogens is 230 g/mol. The quantitative estimate of drug-likeness (QED) is 0.790. The molecule has 16 heavy (non-hydrogen) atoms. The Hall–Kier alpha value is -0.620. The summed E-state index contributed by atoms with van der Waals surface area (Å²) in [6, 6.07) is 0. The SMILES string of the molecule is O=C(O)CCCS(=O)(=O)N1CCCCCC1. The van der Waals surface area contributed by atoms with Gasteiger partial charge in [-0.1, -0.05) is 12.8 Å². The zero-order valence-electron chi connectivity index (χ0n) is 9.39. The molecule has 1 rings (SSSR count). The van der Waals surface area contributed by atoms with Crippen molar-refractivity contribution in [3.8, 4) is 0 Å². The molecule has 1 saturated heterocycles. The molecule has 0 aromatic heterocycles. The Labute approximate surface area is 96.5 Å². The van der Waals surface area contributed by atoms with Crippen LogP contribution in [0.2, 0.25) is 0 Å². The highest BCUT2D eigenvalue weighted by atomic mass is 32.2. The van der Waals surface area contributed by atoms with Crippen LogP contribution < -0.4 is 0 Å². The molecule has 0 amide bonds. The van der Waals surface area contributed by atoms with Gasteiger partial charge in [-0.25, -0.2) is 12.7 Å². The van der Waals surface area contributed by atoms with Crippen molar-refractivity contribution in [2.45, 2.75) is 38.5 Å². The maximum absolute atomic E-state index is 11.9. The number of hydrogen-bond donors (Lipinski definition) is 1. The number of carboxylic acid groups (broad SMARTS) is 1. The Balaban J connectivity index is 2.44. The Morgan fingerprint density at radius 3 is 2.19 bits per heavy atom. The van der Waals surface area contributed by atoms with E-state index < -0.39 is 16.0 Å². The van der Waals surface area contributed by atoms with Gasteiger partial charge in [-0.3, -0.25) is 4.79 Å². The van der Waals surface area contributed by atoms with Crippen molar-refractivity contribution in [3.63, 3.8) is 0 Å². The minimum Gasteiger partial charge on any atom is -0.481 e. The van der Waals surface area contributed by atoms with Crippen molar-refractivity contribution in [2.75, 3.05) is 18.8 Å². The van der Waals surface area contributed by atoms with Crippen LogP contribution in [0.3, 0.4) is 0 Å². The second kappa shape index (κ2) is 6.20. The molecule has 0 aromatic carbocycles. The molecule has 0 aliphatic carbocycles. The van der Waals surface area contributed by atoms with E-state index in [1.54, 1.807) is 0 Å². The summed E-state index contributed by atoms with van der Waals surface area (Å²) in [6.45, 7) is 1.19. The third-order valence-electron chi connectivity index (χ3n) is 2.75. The van der Waals surface area contributed by atoms with Gasteiger partial charge in [0.1, 0.15) is 0 Å². The second-order valence-corrected chi connectivity index (χ2v) is 6.22. The highest BCUT2D eigenvalue weighted by Gasteiger charge is 2.22. The summed E-state index contributed by atoms with van der Waals surface area (Å²) in [6.07, 6.45) is 4.12. The number of rotatable bonds is 5. The molecule has 0 atom stereocenters. The molecule has 0 spiro atoms. The lowest BCUT2D eigenvalue weighted by atomic mass is 10.2. The molecule has 1 N–H and O–H groups in total. The van der Waals surface area contributed by atoms with E-state index >= 15 is 0 Å². The fraction of sp³-hybridized carbons (Fsp3) is 0.900. The molecule has 0 bridgehead atoms. The topological polar surface area (TPSA) is 74.7 Å². The standard InChI is InChI=1S/C10H19NO4S/c12-10(13)6-5-9-16(14,15)11-7-3-1-2-4-8-11/h1-9H2,(H,12,13). The van der Waals surface area contributed by atoms with Crippen LogP contribution >= 0.6 is 0 Å². The van der Waals surface area contributed by atoms with E-state index in [-0.39, 0.29) is 18.6 Å². The third kappa shape index (κ3) is 4.49. The summed E-state index contributed by atoms with van der Waals surface area (Å²) in [4.78, 5) is 10.3. The van der Waals surface area contributed by atoms with Gasteiger partial charge in [-0.2, -0.15) is 0 Å². The molecule has 5 nitrogen and oxygen atoms in total. The second-order valence-electron chi connectivity index (χ2n) is 4.13. The first-order chi connectivity index (χ1) is 7.52. The number of carboxylic acids is 1. The monoisotopic (exact) mass is 249 g/mol. The number of aliphatic carboxylic acids is 1. The molecule has 0 aromatic rings. The molecule has 0 saturated carbocycles. The average molecular weight is 249 g/mol. The van der Waals surface area contributed by atoms with Crippen LogP contribution in [0.15, 0.2) is 0 Å². The maximum atomic E-state index is 11.9. The van der Waals surface area contributed by atoms with E-state index in [1.807, 2.05) is 0 Å². The van der Waals surface area contributed by atoms with Crippen LogP contribution in [0.5, 0.6) is 0 Å². The maximum Gasteiger partial charge on any atom is 0.303 e. The Morgan fingerprint density at radius 2 is 1.69 bits per heavy atom. The molecule has 1 aliphatic heterocycles. The van der Waals surface area contributed by atoms with Crippen LogP contribution in [-0.2, 0) is 14.8 Å². The summed E-state index contributed by atoms with van der Waals surface area (Å²) in [7, 11) is -3.23. The Morgan fingerprint density at radius 1 is 1.12 bits per heavy atom. The molecule has 1 fully saturated rings. The number of sulfonamides is 1. The fourth-order valence-corrected chi connectivity index (χ4v) is 3.44. The first-order valence-electron chi connectivity index (χ1n) is 5.72. The summed E-state index contributed by atoms with van der Waals surface area (Å²) in [5.74, 6) is -0.981. The van der Waals surface area contributed by atoms with Gasteiger partial charge in [-0.05, 0) is 19.3 Å². The summed E-state index contributed by atoms with van der Waals surface area (Å²) < 4.78 is 25.2. The van der Waals surface area contributed by atoms with Gasteiger partial charge < -0.3 is 5.11 Å². The van der Waals surface area contributed by atoms with Crippen molar-refractivity contribution in [3.05, 3.63) is 0 Å². The number of nitrogens with zero attached hydrogens (tertiary/aromatic N) is 1. The highest BCUT2D eigenvalue weighted by Crippen LogP contribution is 2.14. The Bertz CT molecular complexity index is 318. The summed E-state index contributed by atoms with van der Waals surface area (Å²) >= 11 is 0. The van der Waals surface area contributed by atoms with Crippen molar-refractivity contribution >= 4 is 16.0 Å². The molecule has 1 aliphatic rings. The third-order valence-corrected chi connectivity index (χ3v) is 4.71. The van der Waals surface area contributed by atoms with Crippen LogP contribution in [-0.4, -0.2) is 42.6 Å². The predicted octanol–water partition coefficient (Wildman–Crippen LogP) is 1.06. The molecule has 1 heterocycles. The van der Waals surface area contributed by atoms with Crippen molar-refractivity contribution in [1.82, 2.24) is 4.31 Å². The van der Waals surface area contributed by atoms with Gasteiger partial charge in [0.2, 0.25) is 10.0 Å². The van der Waals surface area contributed by atoms with Gasteiger partial charge in [0, 0.05) is 19.5 Å². The first kappa shape index (κ1) is 13.4. The van der Waals surface area contributed by atoms with Crippen LogP contribution in [0.1, 0.15) is 38.5 Å². The molecular formula is C10H19NO4S. The highest BCUT2D eigenvalue weighted by molar-refractivity contribution is 7.89. The lowest BCUT2D eigenvalue weighted by Gasteiger charge is -2.19. The molecule has 6 heteroatoms. The predicted molar refractivity (Wildman–Crippen MR) is 60.7 cm³/mol. The van der Waals surface area contributed by atoms with Gasteiger partial charge in [0.15, 0.2) is 0 Å². The van der Waals surface area contributed by atoms with Crippen LogP contribution in [0, 0.1) is 0 Å². The first-order valence-corrected chi connectivity index (χ1v) is 7.33. The van der Waals surface area contributed by atoms with Gasteiger partial charge in [0.25, 0.3) is 0 Å². The Kier molecular flexibility index (Phi) is 5.21. The van der Waals surface area contributed by atoms with E-state index in [0.29, 0.717) is 13.1 Å². The van der Waals surface area contributed by atoms with E-state index in [2.05, 4.69) is 0 Å². The summed E-state index contributed by atoms with van der Waals surface area (Å²) in [5.41, 5.74) is 0. The van der Waals surface area contributed by atoms with Crippen molar-refractivity contribution in [1.29, 1.82) is 0 Å². The van der Waals surface area contributed by atoms with Gasteiger partial charge in [-0.15, -0.1) is 0 Å². The van der Waals surface area contributed by atoms with Crippen LogP contribution in [0.4, 0.5) is 0 Å². The fourth-order valence-electron chi connectivity index (χ4n) is 1.85. The molecule has 94 valence electrons. The van der Waals surface area contributed by atoms with Gasteiger partial charge in [0.05, 0.1) is 5.75 Å². The normalized spacial score (nSPS) is 19.2. The van der Waals surface area contributed by atoms with E-state index in [4.69, 9.17) is 5.11 Å². The lowest BCUT2D eigenvalue weighted by Crippen LogP contribution is -2.33. The van der Waals surface area contributed by atoms with E-state index in [1.165, 1.54) is 4.31 Å². The van der Waals surface area contributed by atoms with Gasteiger partial charge >= 0.3 is 5.97 Å². The zero-order valence-corrected chi connectivity index (χ0v) is 10.2. The minimum absolute atomic E-state index is 0.0424. The van der Waals surface area contributed by atoms with E-state index in [0.717, 1.165) is 25.7 Å². The van der Waals surface area contributed by atoms with Crippen molar-refractivity contribution in [2.24, 2.45) is 0 Å². The van der Waals surface area contributed by atoms with E-state index in [9.17, 15) is 13.2 Å². The average Bonchev–Trinajstić information content (AvgIpc) is 2.44. The van der Waals surface area contributed by atoms with Crippen molar-refractivity contribution < 1.29 is 18.3 Å². The molecule has 0 radical (unpaired) electrons. The zero-order chi connectivity index (χ0) is 12.0. The molecule has 0 unspecified atom stereocenters. The number of carbonyl (C=O) groups is 1. The van der Waals surface area contributed by atoms with Crippen LogP contribution in [0.25, 0.3) is 0 Å².